The highest BCUT2D eigenvalue weighted by Gasteiger charge is 2.27. The molecule has 1 aliphatic carbocycles. The maximum Gasteiger partial charge on any atom is 0.315 e. The molecule has 9 nitrogen and oxygen atoms in total. The van der Waals surface area contributed by atoms with Crippen molar-refractivity contribution >= 4 is 6.03 Å². The molecule has 2 atom stereocenters. The molecule has 2 aromatic rings. The Morgan fingerprint density at radius 2 is 1.88 bits per heavy atom. The molecule has 26 heavy (non-hydrogen) atoms. The van der Waals surface area contributed by atoms with Gasteiger partial charge in [-0.1, -0.05) is 19.1 Å². The maximum atomic E-state index is 12.5. The highest BCUT2D eigenvalue weighted by molar-refractivity contribution is 5.74. The van der Waals surface area contributed by atoms with Crippen LogP contribution < -0.4 is 10.6 Å². The molecule has 0 bridgehead atoms. The van der Waals surface area contributed by atoms with Gasteiger partial charge < -0.3 is 15.2 Å². The van der Waals surface area contributed by atoms with E-state index in [0.717, 1.165) is 56.0 Å². The summed E-state index contributed by atoms with van der Waals surface area (Å²) in [7, 11) is 1.92. The zero-order chi connectivity index (χ0) is 18.3. The predicted molar refractivity (Wildman–Crippen MR) is 94.7 cm³/mol. The third kappa shape index (κ3) is 3.17. The highest BCUT2D eigenvalue weighted by atomic mass is 16.2. The van der Waals surface area contributed by atoms with Gasteiger partial charge >= 0.3 is 6.03 Å². The summed E-state index contributed by atoms with van der Waals surface area (Å²) in [6, 6.07) is 0.112. The molecule has 2 amide bonds. The second-order valence-corrected chi connectivity index (χ2v) is 7.64. The smallest absolute Gasteiger partial charge is 0.315 e. The number of hydrogen-bond donors (Lipinski definition) is 2. The average molecular weight is 358 g/mol. The van der Waals surface area contributed by atoms with E-state index in [2.05, 4.69) is 49.6 Å². The number of aryl methyl sites for hydroxylation is 2. The molecule has 0 saturated heterocycles. The Morgan fingerprint density at radius 3 is 2.69 bits per heavy atom. The summed E-state index contributed by atoms with van der Waals surface area (Å²) in [5.41, 5.74) is 2.18. The molecule has 9 heteroatoms. The van der Waals surface area contributed by atoms with Crippen LogP contribution in [-0.4, -0.2) is 47.9 Å². The molecule has 140 valence electrons. The maximum absolute atomic E-state index is 12.5. The summed E-state index contributed by atoms with van der Waals surface area (Å²) in [4.78, 5) is 12.5. The van der Waals surface area contributed by atoms with Crippen LogP contribution in [0.15, 0.2) is 0 Å². The molecule has 1 aliphatic heterocycles. The SMILES string of the molecule is CC(C)c1nnc2n1CC(NC(=O)NC1CCc3c(nnn3C)C1)CC2. The summed E-state index contributed by atoms with van der Waals surface area (Å²) in [5.74, 6) is 2.34. The van der Waals surface area contributed by atoms with Gasteiger partial charge in [0.25, 0.3) is 0 Å². The lowest BCUT2D eigenvalue weighted by atomic mass is 9.96. The van der Waals surface area contributed by atoms with E-state index in [1.54, 1.807) is 0 Å². The monoisotopic (exact) mass is 358 g/mol. The van der Waals surface area contributed by atoms with Gasteiger partial charge in [0, 0.05) is 44.4 Å². The molecule has 2 N–H and O–H groups in total. The minimum atomic E-state index is -0.102. The van der Waals surface area contributed by atoms with Gasteiger partial charge in [-0.15, -0.1) is 15.3 Å². The Labute approximate surface area is 152 Å². The van der Waals surface area contributed by atoms with E-state index < -0.39 is 0 Å². The van der Waals surface area contributed by atoms with Crippen molar-refractivity contribution in [3.63, 3.8) is 0 Å². The minimum Gasteiger partial charge on any atom is -0.335 e. The van der Waals surface area contributed by atoms with Crippen molar-refractivity contribution in [2.45, 2.75) is 70.5 Å². The molecular weight excluding hydrogens is 332 g/mol. The second kappa shape index (κ2) is 6.69. The Hall–Kier alpha value is -2.45. The molecule has 4 rings (SSSR count). The molecule has 2 aromatic heterocycles. The van der Waals surface area contributed by atoms with Gasteiger partial charge in [0.15, 0.2) is 0 Å². The van der Waals surface area contributed by atoms with Gasteiger partial charge in [-0.3, -0.25) is 4.68 Å². The molecule has 2 unspecified atom stereocenters. The van der Waals surface area contributed by atoms with Crippen molar-refractivity contribution in [3.05, 3.63) is 23.0 Å². The lowest BCUT2D eigenvalue weighted by Crippen LogP contribution is -2.50. The lowest BCUT2D eigenvalue weighted by Gasteiger charge is -2.28. The van der Waals surface area contributed by atoms with Crippen LogP contribution in [0.4, 0.5) is 4.79 Å². The third-order valence-electron chi connectivity index (χ3n) is 5.35. The number of amides is 2. The summed E-state index contributed by atoms with van der Waals surface area (Å²) in [6.45, 7) is 4.97. The van der Waals surface area contributed by atoms with Gasteiger partial charge in [-0.2, -0.15) is 0 Å². The molecule has 0 saturated carbocycles. The van der Waals surface area contributed by atoms with E-state index in [9.17, 15) is 4.79 Å². The minimum absolute atomic E-state index is 0.102. The Balaban J connectivity index is 1.34. The standard InChI is InChI=1S/C17H26N8O/c1-10(2)16-22-21-15-7-5-12(9-25(15)16)19-17(26)18-11-4-6-14-13(8-11)20-23-24(14)3/h10-12H,4-9H2,1-3H3,(H2,18,19,26). The van der Waals surface area contributed by atoms with Gasteiger partial charge in [-0.25, -0.2) is 4.79 Å². The van der Waals surface area contributed by atoms with Crippen LogP contribution in [0.25, 0.3) is 0 Å². The van der Waals surface area contributed by atoms with Crippen LogP contribution >= 0.6 is 0 Å². The van der Waals surface area contributed by atoms with E-state index in [1.165, 1.54) is 5.69 Å². The zero-order valence-electron chi connectivity index (χ0n) is 15.6. The Kier molecular flexibility index (Phi) is 4.37. The highest BCUT2D eigenvalue weighted by Crippen LogP contribution is 2.21. The first-order valence-electron chi connectivity index (χ1n) is 9.37. The molecule has 0 radical (unpaired) electrons. The normalized spacial score (nSPS) is 22.0. The van der Waals surface area contributed by atoms with Crippen molar-refractivity contribution in [2.24, 2.45) is 7.05 Å². The van der Waals surface area contributed by atoms with Crippen molar-refractivity contribution in [1.29, 1.82) is 0 Å². The van der Waals surface area contributed by atoms with Crippen LogP contribution in [0, 0.1) is 0 Å². The first-order chi connectivity index (χ1) is 12.5. The number of carbonyl (C=O) groups is 1. The van der Waals surface area contributed by atoms with E-state index in [1.807, 2.05) is 11.7 Å². The number of nitrogens with one attached hydrogen (secondary N) is 2. The largest absolute Gasteiger partial charge is 0.335 e. The predicted octanol–water partition coefficient (Wildman–Crippen LogP) is 0.702. The molecule has 0 fully saturated rings. The van der Waals surface area contributed by atoms with Crippen LogP contribution in [-0.2, 0) is 32.9 Å². The lowest BCUT2D eigenvalue weighted by molar-refractivity contribution is 0.227. The first-order valence-corrected chi connectivity index (χ1v) is 9.37. The van der Waals surface area contributed by atoms with Gasteiger partial charge in [0.1, 0.15) is 11.6 Å². The third-order valence-corrected chi connectivity index (χ3v) is 5.35. The van der Waals surface area contributed by atoms with Crippen LogP contribution in [0.1, 0.15) is 55.6 Å². The summed E-state index contributed by atoms with van der Waals surface area (Å²) >= 11 is 0. The van der Waals surface area contributed by atoms with Crippen LogP contribution in [0.2, 0.25) is 0 Å². The van der Waals surface area contributed by atoms with Crippen molar-refractivity contribution in [3.8, 4) is 0 Å². The molecule has 2 aliphatic rings. The number of nitrogens with zero attached hydrogens (tertiary/aromatic N) is 6. The van der Waals surface area contributed by atoms with Gasteiger partial charge in [-0.05, 0) is 19.3 Å². The van der Waals surface area contributed by atoms with Crippen molar-refractivity contribution in [2.75, 3.05) is 0 Å². The average Bonchev–Trinajstić information content (AvgIpc) is 3.18. The van der Waals surface area contributed by atoms with Crippen LogP contribution in [0.3, 0.4) is 0 Å². The molecule has 0 spiro atoms. The second-order valence-electron chi connectivity index (χ2n) is 7.64. The zero-order valence-corrected chi connectivity index (χ0v) is 15.6. The number of carbonyl (C=O) groups excluding carboxylic acids is 1. The van der Waals surface area contributed by atoms with E-state index >= 15 is 0 Å². The number of aromatic nitrogens is 6. The quantitative estimate of drug-likeness (QED) is 0.841. The summed E-state index contributed by atoms with van der Waals surface area (Å²) < 4.78 is 3.99. The van der Waals surface area contributed by atoms with Crippen molar-refractivity contribution < 1.29 is 4.79 Å². The summed E-state index contributed by atoms with van der Waals surface area (Å²) in [6.07, 6.45) is 4.29. The van der Waals surface area contributed by atoms with Gasteiger partial charge in [0.2, 0.25) is 0 Å². The molecule has 3 heterocycles. The summed E-state index contributed by atoms with van der Waals surface area (Å²) in [5, 5.41) is 23.1. The van der Waals surface area contributed by atoms with E-state index in [0.29, 0.717) is 5.92 Å². The fourth-order valence-corrected chi connectivity index (χ4v) is 3.96. The Bertz CT molecular complexity index is 808. The van der Waals surface area contributed by atoms with E-state index in [4.69, 9.17) is 0 Å². The fourth-order valence-electron chi connectivity index (χ4n) is 3.96. The number of urea groups is 1. The molecule has 0 aromatic carbocycles. The van der Waals surface area contributed by atoms with Crippen LogP contribution in [0.5, 0.6) is 0 Å². The van der Waals surface area contributed by atoms with E-state index in [-0.39, 0.29) is 18.1 Å². The topological polar surface area (TPSA) is 103 Å². The first kappa shape index (κ1) is 17.0. The Morgan fingerprint density at radius 1 is 1.12 bits per heavy atom. The van der Waals surface area contributed by atoms with Gasteiger partial charge in [0.05, 0.1) is 11.4 Å². The number of hydrogen-bond acceptors (Lipinski definition) is 5. The fraction of sp³-hybridized carbons (Fsp3) is 0.706. The molecular formula is C17H26N8O. The van der Waals surface area contributed by atoms with Crippen molar-refractivity contribution in [1.82, 2.24) is 40.4 Å². The number of fused-ring (bicyclic) bond motifs is 2. The number of rotatable bonds is 3.